The molecule has 30 heavy (non-hydrogen) atoms. The smallest absolute Gasteiger partial charge is 0.170 e. The maximum absolute atomic E-state index is 9.67. The zero-order valence-electron chi connectivity index (χ0n) is 17.7. The summed E-state index contributed by atoms with van der Waals surface area (Å²) in [6.07, 6.45) is 4.07. The molecule has 0 aliphatic carbocycles. The standard InChI is InChI=1S/C23H27ClN4OS/c1-14-13-23(2,3)27(4)19-12-17(24)16(11-15(14)19)21-20(18-7-5-6-8-25-18)26-22(30)28(21)9-10-29/h5-8,11-13,20-21,29H,9-10H2,1-4H3,(H,26,30). The Labute approximate surface area is 188 Å². The Kier molecular flexibility index (Phi) is 5.51. The Hall–Kier alpha value is -2.15. The van der Waals surface area contributed by atoms with Gasteiger partial charge in [-0.25, -0.2) is 0 Å². The van der Waals surface area contributed by atoms with Crippen LogP contribution in [-0.4, -0.2) is 45.8 Å². The van der Waals surface area contributed by atoms with Crippen LogP contribution in [0.3, 0.4) is 0 Å². The Bertz CT molecular complexity index is 1010. The molecule has 2 aromatic rings. The molecule has 2 atom stereocenters. The number of β-amino-alcohol motifs (C(OH)–C–C–N with tert-alkyl or cyclic N) is 1. The number of likely N-dealkylation sites (N-methyl/N-ethyl adjacent to an activating group) is 1. The summed E-state index contributed by atoms with van der Waals surface area (Å²) in [5.41, 5.74) is 5.29. The van der Waals surface area contributed by atoms with Crippen LogP contribution in [0.1, 0.15) is 49.7 Å². The maximum atomic E-state index is 9.67. The fourth-order valence-corrected chi connectivity index (χ4v) is 5.11. The van der Waals surface area contributed by atoms with E-state index in [4.69, 9.17) is 23.8 Å². The van der Waals surface area contributed by atoms with Gasteiger partial charge in [-0.2, -0.15) is 0 Å². The second-order valence-electron chi connectivity index (χ2n) is 8.47. The largest absolute Gasteiger partial charge is 0.395 e. The number of hydrogen-bond donors (Lipinski definition) is 2. The van der Waals surface area contributed by atoms with Crippen LogP contribution in [0, 0.1) is 0 Å². The van der Waals surface area contributed by atoms with Gasteiger partial charge in [-0.05, 0) is 68.4 Å². The van der Waals surface area contributed by atoms with Crippen molar-refractivity contribution in [3.8, 4) is 0 Å². The average Bonchev–Trinajstić information content (AvgIpc) is 3.03. The molecule has 5 nitrogen and oxygen atoms in total. The van der Waals surface area contributed by atoms with E-state index in [1.54, 1.807) is 6.20 Å². The van der Waals surface area contributed by atoms with E-state index < -0.39 is 0 Å². The normalized spacial score (nSPS) is 22.6. The van der Waals surface area contributed by atoms with Crippen LogP contribution in [0.5, 0.6) is 0 Å². The Balaban J connectivity index is 1.86. The lowest BCUT2D eigenvalue weighted by Crippen LogP contribution is -2.42. The summed E-state index contributed by atoms with van der Waals surface area (Å²) in [5, 5.41) is 14.3. The molecule has 2 N–H and O–H groups in total. The molecule has 7 heteroatoms. The highest BCUT2D eigenvalue weighted by Crippen LogP contribution is 2.46. The monoisotopic (exact) mass is 442 g/mol. The van der Waals surface area contributed by atoms with Crippen LogP contribution >= 0.6 is 23.8 Å². The number of aromatic nitrogens is 1. The maximum Gasteiger partial charge on any atom is 0.170 e. The number of nitrogens with one attached hydrogen (secondary N) is 1. The highest BCUT2D eigenvalue weighted by Gasteiger charge is 2.41. The van der Waals surface area contributed by atoms with Crippen molar-refractivity contribution in [2.45, 2.75) is 38.4 Å². The SMILES string of the molecule is CC1=CC(C)(C)N(C)c2cc(Cl)c(C3C(c4ccccn4)NC(=S)N3CCO)cc21. The zero-order valence-corrected chi connectivity index (χ0v) is 19.3. The number of aliphatic hydroxyl groups excluding tert-OH is 1. The molecule has 0 spiro atoms. The van der Waals surface area contributed by atoms with Crippen molar-refractivity contribution in [3.63, 3.8) is 0 Å². The van der Waals surface area contributed by atoms with Crippen LogP contribution in [0.2, 0.25) is 5.02 Å². The van der Waals surface area contributed by atoms with Gasteiger partial charge >= 0.3 is 0 Å². The summed E-state index contributed by atoms with van der Waals surface area (Å²) >= 11 is 12.5. The number of benzene rings is 1. The van der Waals surface area contributed by atoms with Crippen LogP contribution in [0.25, 0.3) is 5.57 Å². The number of fused-ring (bicyclic) bond motifs is 1. The summed E-state index contributed by atoms with van der Waals surface area (Å²) in [4.78, 5) is 8.82. The zero-order chi connectivity index (χ0) is 21.6. The van der Waals surface area contributed by atoms with E-state index in [9.17, 15) is 5.11 Å². The number of thiocarbonyl (C=S) groups is 1. The molecule has 158 valence electrons. The lowest BCUT2D eigenvalue weighted by Gasteiger charge is -2.41. The van der Waals surface area contributed by atoms with Gasteiger partial charge in [0.25, 0.3) is 0 Å². The quantitative estimate of drug-likeness (QED) is 0.687. The third kappa shape index (κ3) is 3.47. The molecule has 2 aliphatic rings. The van der Waals surface area contributed by atoms with Crippen molar-refractivity contribution >= 4 is 40.2 Å². The topological polar surface area (TPSA) is 51.6 Å². The lowest BCUT2D eigenvalue weighted by molar-refractivity contribution is 0.223. The van der Waals surface area contributed by atoms with Gasteiger partial charge in [-0.3, -0.25) is 4.98 Å². The van der Waals surface area contributed by atoms with Crippen LogP contribution < -0.4 is 10.2 Å². The first-order valence-corrected chi connectivity index (χ1v) is 10.9. The van der Waals surface area contributed by atoms with E-state index in [0.29, 0.717) is 16.7 Å². The first kappa shape index (κ1) is 21.1. The molecule has 0 saturated carbocycles. The van der Waals surface area contributed by atoms with Gasteiger partial charge in [-0.1, -0.05) is 23.7 Å². The van der Waals surface area contributed by atoms with Crippen molar-refractivity contribution in [1.82, 2.24) is 15.2 Å². The molecule has 1 aromatic carbocycles. The molecule has 3 heterocycles. The molecule has 2 unspecified atom stereocenters. The van der Waals surface area contributed by atoms with E-state index in [1.165, 1.54) is 5.57 Å². The van der Waals surface area contributed by atoms with Gasteiger partial charge in [-0.15, -0.1) is 0 Å². The molecule has 1 saturated heterocycles. The molecule has 1 aromatic heterocycles. The highest BCUT2D eigenvalue weighted by molar-refractivity contribution is 7.80. The number of pyridine rings is 1. The van der Waals surface area contributed by atoms with E-state index in [1.807, 2.05) is 23.1 Å². The number of aliphatic hydroxyl groups is 1. The van der Waals surface area contributed by atoms with E-state index in [-0.39, 0.29) is 24.2 Å². The van der Waals surface area contributed by atoms with E-state index in [0.717, 1.165) is 22.5 Å². The third-order valence-corrected chi connectivity index (χ3v) is 6.87. The summed E-state index contributed by atoms with van der Waals surface area (Å²) in [6, 6.07) is 9.78. The Morgan fingerprint density at radius 1 is 1.30 bits per heavy atom. The minimum atomic E-state index is -0.162. The Morgan fingerprint density at radius 3 is 2.73 bits per heavy atom. The van der Waals surface area contributed by atoms with Crippen LogP contribution in [0.15, 0.2) is 42.6 Å². The number of halogens is 1. The molecule has 2 aliphatic heterocycles. The molecule has 1 fully saturated rings. The number of anilines is 1. The summed E-state index contributed by atoms with van der Waals surface area (Å²) in [7, 11) is 2.10. The first-order valence-electron chi connectivity index (χ1n) is 10.1. The second-order valence-corrected chi connectivity index (χ2v) is 9.27. The average molecular weight is 443 g/mol. The van der Waals surface area contributed by atoms with Gasteiger partial charge in [0.2, 0.25) is 0 Å². The van der Waals surface area contributed by atoms with Gasteiger partial charge in [0.1, 0.15) is 0 Å². The van der Waals surface area contributed by atoms with Crippen molar-refractivity contribution in [2.24, 2.45) is 0 Å². The molecule has 0 bridgehead atoms. The number of hydrogen-bond acceptors (Lipinski definition) is 4. The van der Waals surface area contributed by atoms with Crippen molar-refractivity contribution in [3.05, 3.63) is 64.4 Å². The van der Waals surface area contributed by atoms with Crippen LogP contribution in [0.4, 0.5) is 5.69 Å². The molecule has 4 rings (SSSR count). The van der Waals surface area contributed by atoms with E-state index >= 15 is 0 Å². The summed E-state index contributed by atoms with van der Waals surface area (Å²) < 4.78 is 0. The predicted molar refractivity (Wildman–Crippen MR) is 127 cm³/mol. The fourth-order valence-electron chi connectivity index (χ4n) is 4.51. The molecular weight excluding hydrogens is 416 g/mol. The fraction of sp³-hybridized carbons (Fsp3) is 0.391. The van der Waals surface area contributed by atoms with Gasteiger partial charge in [0.05, 0.1) is 29.9 Å². The number of nitrogens with zero attached hydrogens (tertiary/aromatic N) is 3. The van der Waals surface area contributed by atoms with Gasteiger partial charge < -0.3 is 20.2 Å². The van der Waals surface area contributed by atoms with Crippen molar-refractivity contribution < 1.29 is 5.11 Å². The minimum absolute atomic E-state index is 0.00563. The number of allylic oxidation sites excluding steroid dienone is 1. The highest BCUT2D eigenvalue weighted by atomic mass is 35.5. The van der Waals surface area contributed by atoms with Gasteiger partial charge in [0, 0.05) is 36.1 Å². The second kappa shape index (κ2) is 7.84. The van der Waals surface area contributed by atoms with Crippen LogP contribution in [-0.2, 0) is 0 Å². The third-order valence-electron chi connectivity index (χ3n) is 6.19. The predicted octanol–water partition coefficient (Wildman–Crippen LogP) is 4.33. The minimum Gasteiger partial charge on any atom is -0.395 e. The molecular formula is C23H27ClN4OS. The first-order chi connectivity index (χ1) is 14.2. The lowest BCUT2D eigenvalue weighted by atomic mass is 9.86. The summed E-state index contributed by atoms with van der Waals surface area (Å²) in [5.74, 6) is 0. The van der Waals surface area contributed by atoms with Gasteiger partial charge in [0.15, 0.2) is 5.11 Å². The van der Waals surface area contributed by atoms with Crippen molar-refractivity contribution in [2.75, 3.05) is 25.1 Å². The summed E-state index contributed by atoms with van der Waals surface area (Å²) in [6.45, 7) is 6.96. The number of rotatable bonds is 4. The van der Waals surface area contributed by atoms with E-state index in [2.05, 4.69) is 61.2 Å². The molecule has 0 amide bonds. The molecule has 0 radical (unpaired) electrons. The van der Waals surface area contributed by atoms with Crippen molar-refractivity contribution in [1.29, 1.82) is 0 Å². The Morgan fingerprint density at radius 2 is 2.07 bits per heavy atom.